The van der Waals surface area contributed by atoms with Crippen LogP contribution in [0.25, 0.3) is 0 Å². The van der Waals surface area contributed by atoms with E-state index in [1.165, 1.54) is 7.11 Å². The lowest BCUT2D eigenvalue weighted by Gasteiger charge is -1.97. The van der Waals surface area contributed by atoms with Crippen LogP contribution in [0.15, 0.2) is 42.7 Å². The fraction of sp³-hybridized carbons (Fsp3) is 0.0714. The highest BCUT2D eigenvalue weighted by atomic mass is 16.5. The number of carbonyl (C=O) groups is 1. The van der Waals surface area contributed by atoms with E-state index in [4.69, 9.17) is 0 Å². The van der Waals surface area contributed by atoms with Gasteiger partial charge in [-0.3, -0.25) is 4.98 Å². The van der Waals surface area contributed by atoms with Gasteiger partial charge < -0.3 is 4.74 Å². The van der Waals surface area contributed by atoms with Crippen LogP contribution >= 0.6 is 0 Å². The van der Waals surface area contributed by atoms with Crippen molar-refractivity contribution in [3.63, 3.8) is 0 Å². The maximum absolute atomic E-state index is 11.3. The highest BCUT2D eigenvalue weighted by molar-refractivity contribution is 5.87. The van der Waals surface area contributed by atoms with Crippen LogP contribution in [0.4, 0.5) is 0 Å². The normalized spacial score (nSPS) is 9.17. The number of aromatic nitrogens is 2. The summed E-state index contributed by atoms with van der Waals surface area (Å²) >= 11 is 0. The standard InChI is InChI=1S/C14H10N2O2/c1-18-14(17)13-6-2-5-12(16-13)8-7-11-4-3-9-15-10-11/h2-6,9-10H,1H3. The Morgan fingerprint density at radius 2 is 2.11 bits per heavy atom. The first kappa shape index (κ1) is 11.8. The maximum atomic E-state index is 11.3. The molecule has 0 aliphatic rings. The van der Waals surface area contributed by atoms with Crippen LogP contribution in [0.1, 0.15) is 21.7 Å². The van der Waals surface area contributed by atoms with E-state index in [-0.39, 0.29) is 5.69 Å². The van der Waals surface area contributed by atoms with Crippen molar-refractivity contribution in [3.8, 4) is 11.8 Å². The molecule has 0 aliphatic heterocycles. The lowest BCUT2D eigenvalue weighted by molar-refractivity contribution is 0.0594. The van der Waals surface area contributed by atoms with Crippen molar-refractivity contribution in [1.82, 2.24) is 9.97 Å². The van der Waals surface area contributed by atoms with E-state index in [1.807, 2.05) is 12.1 Å². The first-order valence-corrected chi connectivity index (χ1v) is 5.27. The predicted molar refractivity (Wildman–Crippen MR) is 65.8 cm³/mol. The van der Waals surface area contributed by atoms with Gasteiger partial charge in [0.15, 0.2) is 0 Å². The molecule has 0 amide bonds. The molecule has 2 aromatic rings. The largest absolute Gasteiger partial charge is 0.464 e. The maximum Gasteiger partial charge on any atom is 0.356 e. The topological polar surface area (TPSA) is 52.1 Å². The molecule has 0 spiro atoms. The molecule has 4 nitrogen and oxygen atoms in total. The average molecular weight is 238 g/mol. The summed E-state index contributed by atoms with van der Waals surface area (Å²) in [5, 5.41) is 0. The number of rotatable bonds is 1. The summed E-state index contributed by atoms with van der Waals surface area (Å²) in [5.74, 6) is 5.32. The van der Waals surface area contributed by atoms with Crippen LogP contribution < -0.4 is 0 Å². The predicted octanol–water partition coefficient (Wildman–Crippen LogP) is 1.66. The van der Waals surface area contributed by atoms with Crippen LogP contribution in [0, 0.1) is 11.8 Å². The van der Waals surface area contributed by atoms with Crippen LogP contribution in [0.5, 0.6) is 0 Å². The lowest BCUT2D eigenvalue weighted by Crippen LogP contribution is -2.04. The molecule has 88 valence electrons. The zero-order valence-corrected chi connectivity index (χ0v) is 9.75. The Bertz CT molecular complexity index is 612. The number of ether oxygens (including phenoxy) is 1. The molecule has 0 aliphatic carbocycles. The van der Waals surface area contributed by atoms with Gasteiger partial charge in [-0.05, 0) is 30.2 Å². The van der Waals surface area contributed by atoms with Gasteiger partial charge in [0.2, 0.25) is 0 Å². The molecule has 0 saturated carbocycles. The molecule has 0 aromatic carbocycles. The first-order chi connectivity index (χ1) is 8.79. The fourth-order valence-electron chi connectivity index (χ4n) is 1.30. The van der Waals surface area contributed by atoms with Gasteiger partial charge in [-0.15, -0.1) is 0 Å². The number of esters is 1. The second-order valence-electron chi connectivity index (χ2n) is 3.39. The van der Waals surface area contributed by atoms with Crippen molar-refractivity contribution >= 4 is 5.97 Å². The van der Waals surface area contributed by atoms with Gasteiger partial charge >= 0.3 is 5.97 Å². The number of methoxy groups -OCH3 is 1. The molecule has 0 N–H and O–H groups in total. The van der Waals surface area contributed by atoms with E-state index < -0.39 is 5.97 Å². The number of hydrogen-bond donors (Lipinski definition) is 0. The molecule has 2 heterocycles. The fourth-order valence-corrected chi connectivity index (χ4v) is 1.30. The Labute approximate surface area is 105 Å². The molecule has 2 aromatic heterocycles. The SMILES string of the molecule is COC(=O)c1cccc(C#Cc2cccnc2)n1. The molecule has 0 radical (unpaired) electrons. The zero-order valence-electron chi connectivity index (χ0n) is 9.75. The van der Waals surface area contributed by atoms with Crippen molar-refractivity contribution in [2.75, 3.05) is 7.11 Å². The summed E-state index contributed by atoms with van der Waals surface area (Å²) in [6.45, 7) is 0. The molecule has 0 bridgehead atoms. The second-order valence-corrected chi connectivity index (χ2v) is 3.39. The minimum absolute atomic E-state index is 0.246. The smallest absolute Gasteiger partial charge is 0.356 e. The summed E-state index contributed by atoms with van der Waals surface area (Å²) < 4.78 is 4.59. The van der Waals surface area contributed by atoms with Crippen molar-refractivity contribution < 1.29 is 9.53 Å². The number of nitrogens with zero attached hydrogens (tertiary/aromatic N) is 2. The quantitative estimate of drug-likeness (QED) is 0.560. The lowest BCUT2D eigenvalue weighted by atomic mass is 10.2. The molecule has 18 heavy (non-hydrogen) atoms. The van der Waals surface area contributed by atoms with Crippen LogP contribution in [0.3, 0.4) is 0 Å². The molecule has 0 atom stereocenters. The zero-order chi connectivity index (χ0) is 12.8. The summed E-state index contributed by atoms with van der Waals surface area (Å²) in [6, 6.07) is 8.69. The Morgan fingerprint density at radius 1 is 1.22 bits per heavy atom. The third-order valence-electron chi connectivity index (χ3n) is 2.14. The number of carbonyl (C=O) groups excluding carboxylic acids is 1. The van der Waals surface area contributed by atoms with Crippen molar-refractivity contribution in [2.45, 2.75) is 0 Å². The summed E-state index contributed by atoms with van der Waals surface area (Å²) in [7, 11) is 1.32. The van der Waals surface area contributed by atoms with Gasteiger partial charge in [-0.25, -0.2) is 9.78 Å². The van der Waals surface area contributed by atoms with Gasteiger partial charge in [0.25, 0.3) is 0 Å². The Kier molecular flexibility index (Phi) is 3.67. The molecule has 0 unspecified atom stereocenters. The van der Waals surface area contributed by atoms with Gasteiger partial charge in [0, 0.05) is 18.0 Å². The van der Waals surface area contributed by atoms with Gasteiger partial charge in [-0.1, -0.05) is 12.0 Å². The molecule has 0 fully saturated rings. The van der Waals surface area contributed by atoms with Crippen LogP contribution in [-0.2, 0) is 4.74 Å². The van der Waals surface area contributed by atoms with E-state index in [0.717, 1.165) is 5.56 Å². The summed E-state index contributed by atoms with van der Waals surface area (Å²) in [6.07, 6.45) is 3.35. The van der Waals surface area contributed by atoms with E-state index >= 15 is 0 Å². The average Bonchev–Trinajstić information content (AvgIpc) is 2.45. The highest BCUT2D eigenvalue weighted by Gasteiger charge is 2.05. The van der Waals surface area contributed by atoms with E-state index in [1.54, 1.807) is 30.6 Å². The summed E-state index contributed by atoms with van der Waals surface area (Å²) in [4.78, 5) is 19.3. The van der Waals surface area contributed by atoms with Gasteiger partial charge in [0.05, 0.1) is 7.11 Å². The van der Waals surface area contributed by atoms with Gasteiger partial charge in [-0.2, -0.15) is 0 Å². The third-order valence-corrected chi connectivity index (χ3v) is 2.14. The van der Waals surface area contributed by atoms with E-state index in [9.17, 15) is 4.79 Å². The minimum Gasteiger partial charge on any atom is -0.464 e. The minimum atomic E-state index is -0.472. The van der Waals surface area contributed by atoms with Crippen LogP contribution in [0.2, 0.25) is 0 Å². The van der Waals surface area contributed by atoms with E-state index in [0.29, 0.717) is 5.69 Å². The Hall–Kier alpha value is -2.67. The highest BCUT2D eigenvalue weighted by Crippen LogP contribution is 2.00. The van der Waals surface area contributed by atoms with Gasteiger partial charge in [0.1, 0.15) is 11.4 Å². The number of pyridine rings is 2. The molecule has 0 saturated heterocycles. The Balaban J connectivity index is 2.25. The molecule has 4 heteroatoms. The van der Waals surface area contributed by atoms with Crippen molar-refractivity contribution in [2.24, 2.45) is 0 Å². The van der Waals surface area contributed by atoms with Crippen molar-refractivity contribution in [1.29, 1.82) is 0 Å². The molecule has 2 rings (SSSR count). The monoisotopic (exact) mass is 238 g/mol. The van der Waals surface area contributed by atoms with Crippen LogP contribution in [-0.4, -0.2) is 23.0 Å². The summed E-state index contributed by atoms with van der Waals surface area (Å²) in [5.41, 5.74) is 1.56. The Morgan fingerprint density at radius 3 is 2.83 bits per heavy atom. The number of hydrogen-bond acceptors (Lipinski definition) is 4. The molecular weight excluding hydrogens is 228 g/mol. The first-order valence-electron chi connectivity index (χ1n) is 5.27. The second kappa shape index (κ2) is 5.60. The third kappa shape index (κ3) is 2.92. The van der Waals surface area contributed by atoms with E-state index in [2.05, 4.69) is 26.5 Å². The van der Waals surface area contributed by atoms with Crippen molar-refractivity contribution in [3.05, 3.63) is 59.7 Å². The molecular formula is C14H10N2O2.